The predicted molar refractivity (Wildman–Crippen MR) is 228 cm³/mol. The van der Waals surface area contributed by atoms with Gasteiger partial charge in [-0.2, -0.15) is 0 Å². The molecule has 4 saturated carbocycles. The summed E-state index contributed by atoms with van der Waals surface area (Å²) in [6.07, 6.45) is 23.3. The van der Waals surface area contributed by atoms with Crippen molar-refractivity contribution < 1.29 is 23.8 Å². The molecule has 0 amide bonds. The molecule has 2 unspecified atom stereocenters. The molecule has 2 aromatic carbocycles. The van der Waals surface area contributed by atoms with E-state index in [1.54, 1.807) is 24.3 Å². The quantitative estimate of drug-likeness (QED) is 0.0713. The van der Waals surface area contributed by atoms with Crippen LogP contribution in [0.1, 0.15) is 153 Å². The number of ether oxygens (including phenoxy) is 3. The first kappa shape index (κ1) is 42.1. The van der Waals surface area contributed by atoms with Crippen LogP contribution in [-0.2, 0) is 14.3 Å². The van der Waals surface area contributed by atoms with E-state index in [9.17, 15) is 9.59 Å². The minimum Gasteiger partial charge on any atom is -0.490 e. The van der Waals surface area contributed by atoms with E-state index in [2.05, 4.69) is 34.6 Å². The minimum atomic E-state index is -0.429. The van der Waals surface area contributed by atoms with E-state index >= 15 is 0 Å². The molecule has 7 heteroatoms. The van der Waals surface area contributed by atoms with Gasteiger partial charge in [0.15, 0.2) is 0 Å². The summed E-state index contributed by atoms with van der Waals surface area (Å²) >= 11 is 0. The summed E-state index contributed by atoms with van der Waals surface area (Å²) in [5.74, 6) is 6.28. The van der Waals surface area contributed by atoms with Crippen LogP contribution in [-0.4, -0.2) is 31.3 Å². The number of nitrogen functional groups attached to an aromatic ring is 2. The van der Waals surface area contributed by atoms with Crippen LogP contribution in [0.3, 0.4) is 0 Å². The van der Waals surface area contributed by atoms with Gasteiger partial charge in [0, 0.05) is 17.5 Å². The van der Waals surface area contributed by atoms with Crippen LogP contribution in [0.5, 0.6) is 5.75 Å². The lowest BCUT2D eigenvalue weighted by Gasteiger charge is -2.61. The Labute approximate surface area is 338 Å². The molecule has 6 rings (SSSR count). The molecular weight excluding hydrogens is 697 g/mol. The van der Waals surface area contributed by atoms with Gasteiger partial charge < -0.3 is 25.7 Å². The van der Waals surface area contributed by atoms with Gasteiger partial charge in [-0.05, 0) is 178 Å². The van der Waals surface area contributed by atoms with Crippen LogP contribution >= 0.6 is 0 Å². The van der Waals surface area contributed by atoms with E-state index in [4.69, 9.17) is 25.7 Å². The third kappa shape index (κ3) is 10.1. The third-order valence-electron chi connectivity index (χ3n) is 15.1. The molecule has 7 nitrogen and oxygen atoms in total. The summed E-state index contributed by atoms with van der Waals surface area (Å²) < 4.78 is 17.3. The number of hydrogen-bond donors (Lipinski definition) is 2. The number of anilines is 2. The summed E-state index contributed by atoms with van der Waals surface area (Å²) in [6, 6.07) is 12.8. The molecule has 4 N–H and O–H groups in total. The van der Waals surface area contributed by atoms with Crippen LogP contribution < -0.4 is 16.2 Å². The molecule has 4 aliphatic carbocycles. The average Bonchev–Trinajstić information content (AvgIpc) is 3.52. The van der Waals surface area contributed by atoms with E-state index < -0.39 is 5.97 Å². The van der Waals surface area contributed by atoms with Crippen molar-refractivity contribution in [1.29, 1.82) is 0 Å². The number of unbranched alkanes of at least 4 members (excludes halogenated alkanes) is 3. The molecular formula is C49H72N2O5. The summed E-state index contributed by atoms with van der Waals surface area (Å²) in [6.45, 7) is 13.4. The molecule has 2 aromatic rings. The molecule has 4 aliphatic rings. The highest BCUT2D eigenvalue weighted by molar-refractivity contribution is 5.91. The van der Waals surface area contributed by atoms with Gasteiger partial charge in [0.2, 0.25) is 0 Å². The summed E-state index contributed by atoms with van der Waals surface area (Å²) in [7, 11) is 0. The second kappa shape index (κ2) is 18.9. The van der Waals surface area contributed by atoms with Crippen molar-refractivity contribution in [2.75, 3.05) is 24.7 Å². The lowest BCUT2D eigenvalue weighted by Crippen LogP contribution is -2.54. The first-order valence-corrected chi connectivity index (χ1v) is 22.3. The average molecular weight is 769 g/mol. The molecule has 308 valence electrons. The zero-order valence-electron chi connectivity index (χ0n) is 35.2. The first-order valence-electron chi connectivity index (χ1n) is 22.3. The van der Waals surface area contributed by atoms with Crippen molar-refractivity contribution in [1.82, 2.24) is 0 Å². The van der Waals surface area contributed by atoms with E-state index in [-0.39, 0.29) is 12.1 Å². The highest BCUT2D eigenvalue weighted by atomic mass is 16.5. The molecule has 0 heterocycles. The molecule has 0 aromatic heterocycles. The fourth-order valence-electron chi connectivity index (χ4n) is 12.2. The number of nitrogens with two attached hydrogens (primary N) is 2. The van der Waals surface area contributed by atoms with Crippen LogP contribution in [0.25, 0.3) is 6.08 Å². The number of hydrogen-bond acceptors (Lipinski definition) is 7. The van der Waals surface area contributed by atoms with E-state index in [1.807, 2.05) is 24.3 Å². The van der Waals surface area contributed by atoms with E-state index in [1.165, 1.54) is 76.7 Å². The summed E-state index contributed by atoms with van der Waals surface area (Å²) in [5.41, 5.74) is 14.7. The number of benzene rings is 2. The second-order valence-corrected chi connectivity index (χ2v) is 19.2. The standard InChI is InChI=1S/C49H72N2O5/c1-33(2)11-10-12-34(3)43-20-21-44-42-19-16-37-31-41(23-25-48(37,4)45(42)24-26-49(43,44)5)56-40-17-13-35(14-18-40)15-22-46(52)54-27-8-6-7-9-28-55-47(53)36-29-38(50)32-39(51)30-36/h13-15,17-18,22,29-30,32-34,37,41-45H,6-12,16,19-21,23-28,31,50-51H2,1-5H3/t34-,37?,41?,42+,43-,44+,45+,48+,49-/m1/s1. The Morgan fingerprint density at radius 3 is 2.16 bits per heavy atom. The normalized spacial score (nSPS) is 30.3. The van der Waals surface area contributed by atoms with Crippen molar-refractivity contribution in [3.05, 3.63) is 59.7 Å². The Hall–Kier alpha value is -3.48. The van der Waals surface area contributed by atoms with Gasteiger partial charge >= 0.3 is 11.9 Å². The molecule has 0 bridgehead atoms. The highest BCUT2D eigenvalue weighted by Crippen LogP contribution is 2.68. The van der Waals surface area contributed by atoms with Crippen LogP contribution in [0.4, 0.5) is 11.4 Å². The number of carbonyl (C=O) groups is 2. The topological polar surface area (TPSA) is 114 Å². The lowest BCUT2D eigenvalue weighted by atomic mass is 9.44. The Morgan fingerprint density at radius 2 is 1.45 bits per heavy atom. The number of fused-ring (bicyclic) bond motifs is 5. The molecule has 9 atom stereocenters. The van der Waals surface area contributed by atoms with Crippen LogP contribution in [0.2, 0.25) is 0 Å². The van der Waals surface area contributed by atoms with Crippen LogP contribution in [0.15, 0.2) is 48.5 Å². The fraction of sp³-hybridized carbons (Fsp3) is 0.673. The van der Waals surface area contributed by atoms with Gasteiger partial charge in [0.1, 0.15) is 5.75 Å². The largest absolute Gasteiger partial charge is 0.490 e. The van der Waals surface area contributed by atoms with E-state index in [0.717, 1.165) is 84.8 Å². The number of carbonyl (C=O) groups excluding carboxylic acids is 2. The van der Waals surface area contributed by atoms with Crippen molar-refractivity contribution in [2.45, 2.75) is 143 Å². The van der Waals surface area contributed by atoms with Crippen molar-refractivity contribution in [2.24, 2.45) is 52.3 Å². The van der Waals surface area contributed by atoms with Gasteiger partial charge in [-0.1, -0.05) is 66.0 Å². The van der Waals surface area contributed by atoms with E-state index in [0.29, 0.717) is 41.0 Å². The van der Waals surface area contributed by atoms with Crippen LogP contribution in [0, 0.1) is 52.3 Å². The maximum Gasteiger partial charge on any atom is 0.338 e. The molecule has 0 spiro atoms. The third-order valence-corrected chi connectivity index (χ3v) is 15.1. The SMILES string of the molecule is CC(C)CCC[C@@H](C)[C@H]1CC[C@H]2[C@@H]3CCC4CC(Oc5ccc(C=CC(=O)OCCCCCCOC(=O)c6cc(N)cc(N)c6)cc5)CC[C@]4(C)[C@H]3CC[C@]12C. The van der Waals surface area contributed by atoms with Gasteiger partial charge in [0.05, 0.1) is 24.9 Å². The Balaban J connectivity index is 0.878. The predicted octanol–water partition coefficient (Wildman–Crippen LogP) is 11.7. The highest BCUT2D eigenvalue weighted by Gasteiger charge is 2.60. The first-order chi connectivity index (χ1) is 26.9. The smallest absolute Gasteiger partial charge is 0.338 e. The zero-order chi connectivity index (χ0) is 39.9. The molecule has 0 aliphatic heterocycles. The van der Waals surface area contributed by atoms with Crippen molar-refractivity contribution >= 4 is 29.4 Å². The van der Waals surface area contributed by atoms with Gasteiger partial charge in [-0.15, -0.1) is 0 Å². The maximum absolute atomic E-state index is 12.3. The Morgan fingerprint density at radius 1 is 0.768 bits per heavy atom. The molecule has 56 heavy (non-hydrogen) atoms. The second-order valence-electron chi connectivity index (χ2n) is 19.2. The van der Waals surface area contributed by atoms with Gasteiger partial charge in [-0.3, -0.25) is 0 Å². The minimum absolute atomic E-state index is 0.279. The zero-order valence-corrected chi connectivity index (χ0v) is 35.2. The fourth-order valence-corrected chi connectivity index (χ4v) is 12.2. The summed E-state index contributed by atoms with van der Waals surface area (Å²) in [4.78, 5) is 24.5. The van der Waals surface area contributed by atoms with Gasteiger partial charge in [-0.25, -0.2) is 9.59 Å². The molecule has 0 radical (unpaired) electrons. The van der Waals surface area contributed by atoms with Crippen molar-refractivity contribution in [3.63, 3.8) is 0 Å². The molecule has 4 fully saturated rings. The maximum atomic E-state index is 12.3. The van der Waals surface area contributed by atoms with Gasteiger partial charge in [0.25, 0.3) is 0 Å². The summed E-state index contributed by atoms with van der Waals surface area (Å²) in [5, 5.41) is 0. The monoisotopic (exact) mass is 769 g/mol. The molecule has 0 saturated heterocycles. The lowest BCUT2D eigenvalue weighted by molar-refractivity contribution is -0.137. The van der Waals surface area contributed by atoms with Crippen molar-refractivity contribution in [3.8, 4) is 5.75 Å². The number of rotatable bonds is 17. The Kier molecular flexibility index (Phi) is 14.2. The number of esters is 2. The Bertz CT molecular complexity index is 1620.